The zero-order valence-electron chi connectivity index (χ0n) is 37.9. The monoisotopic (exact) mass is 1470 g/mol. The first-order valence-electron chi connectivity index (χ1n) is 20.9. The van der Waals surface area contributed by atoms with E-state index in [0.29, 0.717) is 0 Å². The van der Waals surface area contributed by atoms with E-state index in [2.05, 4.69) is 259 Å². The van der Waals surface area contributed by atoms with Crippen molar-refractivity contribution in [2.75, 3.05) is 11.8 Å². The first kappa shape index (κ1) is 63.1. The number of rotatable bonds is 14. The van der Waals surface area contributed by atoms with Crippen molar-refractivity contribution in [2.24, 2.45) is 0 Å². The zero-order valence-corrected chi connectivity index (χ0v) is 50.0. The predicted octanol–water partition coefficient (Wildman–Crippen LogP) is 16.0. The van der Waals surface area contributed by atoms with E-state index in [1.165, 1.54) is 54.2 Å². The predicted molar refractivity (Wildman–Crippen MR) is 296 cm³/mol. The van der Waals surface area contributed by atoms with E-state index in [9.17, 15) is 25.2 Å². The molecular weight excluding hydrogens is 1430 g/mol. The Labute approximate surface area is 452 Å². The Balaban J connectivity index is 0.000000286. The maximum absolute atomic E-state index is 10.7. The molecule has 0 amide bonds. The molecule has 0 fully saturated rings. The smallest absolute Gasteiger partial charge is 0.00405 e. The minimum atomic E-state index is -10.7. The third-order valence-electron chi connectivity index (χ3n) is 9.25. The Morgan fingerprint density at radius 1 is 0.403 bits per heavy atom. The molecule has 0 radical (unpaired) electrons. The molecule has 379 valence electrons. The Bertz CT molecular complexity index is 2230. The van der Waals surface area contributed by atoms with Gasteiger partial charge in [-0.25, -0.2) is 0 Å². The van der Waals surface area contributed by atoms with Crippen LogP contribution < -0.4 is 42.4 Å². The molecule has 18 heteroatoms. The van der Waals surface area contributed by atoms with Gasteiger partial charge in [0.1, 0.15) is 0 Å². The average molecular weight is 1470 g/mol. The second kappa shape index (κ2) is 33.7. The van der Waals surface area contributed by atoms with Crippen molar-refractivity contribution in [3.8, 4) is 0 Å². The van der Waals surface area contributed by atoms with Crippen LogP contribution in [0.2, 0.25) is 0 Å². The van der Waals surface area contributed by atoms with Crippen LogP contribution in [0.25, 0.3) is 0 Å². The van der Waals surface area contributed by atoms with Crippen LogP contribution in [0.3, 0.4) is 0 Å². The van der Waals surface area contributed by atoms with E-state index in [1.54, 1.807) is 0 Å². The van der Waals surface area contributed by atoms with Crippen molar-refractivity contribution in [1.29, 1.82) is 0 Å². The number of halogens is 9. The summed E-state index contributed by atoms with van der Waals surface area (Å²) >= 11 is -1.53. The molecule has 2 nitrogen and oxygen atoms in total. The number of hydrogen-bond acceptors (Lipinski definition) is 1. The Morgan fingerprint density at radius 2 is 0.542 bits per heavy atom. The van der Waals surface area contributed by atoms with Crippen LogP contribution in [0.1, 0.15) is 0 Å². The van der Waals surface area contributed by atoms with Gasteiger partial charge in [0.25, 0.3) is 0 Å². The summed E-state index contributed by atoms with van der Waals surface area (Å²) in [6.07, 6.45) is 1.05. The summed E-state index contributed by atoms with van der Waals surface area (Å²) in [5.41, 5.74) is 0. The van der Waals surface area contributed by atoms with E-state index in [-0.39, 0.29) is 0 Å². The molecule has 0 bridgehead atoms. The van der Waals surface area contributed by atoms with Gasteiger partial charge in [0, 0.05) is 11.8 Å². The topological polar surface area (TPSA) is 29.1 Å². The van der Waals surface area contributed by atoms with Crippen molar-refractivity contribution in [3.05, 3.63) is 262 Å². The molecule has 0 unspecified atom stereocenters. The maximum Gasteiger partial charge on any atom is 0.00405 e. The first-order valence-corrected chi connectivity index (χ1v) is 40.5. The van der Waals surface area contributed by atoms with Crippen LogP contribution in [0.5, 0.6) is 0 Å². The van der Waals surface area contributed by atoms with Gasteiger partial charge >= 0.3 is 128 Å². The molecule has 0 aliphatic rings. The molecule has 0 atom stereocenters. The van der Waals surface area contributed by atoms with E-state index in [1.807, 2.05) is 0 Å². The summed E-state index contributed by atoms with van der Waals surface area (Å²) in [5, 5.41) is 11.7. The Morgan fingerprint density at radius 3 is 0.639 bits per heavy atom. The molecule has 0 spiro atoms. The van der Waals surface area contributed by atoms with Gasteiger partial charge in [-0.1, -0.05) is 243 Å². The van der Waals surface area contributed by atoms with Crippen molar-refractivity contribution in [3.63, 3.8) is 0 Å². The summed E-state index contributed by atoms with van der Waals surface area (Å²) in [6, 6.07) is 88.3. The summed E-state index contributed by atoms with van der Waals surface area (Å²) in [4.78, 5) is 0. The quantitative estimate of drug-likeness (QED) is 0.0351. The van der Waals surface area contributed by atoms with Crippen LogP contribution >= 0.6 is 68.1 Å². The minimum Gasteiger partial charge on any atom is -0.0622 e. The summed E-state index contributed by atoms with van der Waals surface area (Å²) in [5.74, 6) is 2.35. The summed E-state index contributed by atoms with van der Waals surface area (Å²) in [6.45, 7) is 9.27. The molecule has 0 N–H and O–H groups in total. The third-order valence-corrected chi connectivity index (χ3v) is 22.2. The Hall–Kier alpha value is -3.17. The van der Waals surface area contributed by atoms with Crippen LogP contribution in [0.4, 0.5) is 25.2 Å². The Kier molecular flexibility index (Phi) is 29.5. The fourth-order valence-electron chi connectivity index (χ4n) is 6.44. The normalized spacial score (nSPS) is 11.7. The van der Waals surface area contributed by atoms with E-state index in [4.69, 9.17) is 39.8 Å². The average Bonchev–Trinajstić information content (AvgIpc) is 3.41. The number of hydrogen-bond donors (Lipinski definition) is 0. The second-order valence-corrected chi connectivity index (χ2v) is 32.0. The fraction of sp³-hybridized carbons (Fsp3) is 0.0370. The first-order chi connectivity index (χ1) is 34.6. The molecule has 0 heterocycles. The molecule has 0 saturated heterocycles. The third kappa shape index (κ3) is 26.9. The van der Waals surface area contributed by atoms with E-state index in [0.717, 1.165) is 6.26 Å². The molecule has 72 heavy (non-hydrogen) atoms. The maximum atomic E-state index is 9.87. The second-order valence-electron chi connectivity index (χ2n) is 14.1. The van der Waals surface area contributed by atoms with Crippen LogP contribution in [-0.2, 0) is 41.8 Å². The van der Waals surface area contributed by atoms with Gasteiger partial charge in [-0.3, -0.25) is 0 Å². The molecule has 0 aromatic heterocycles. The molecular formula is C54H46Cl3F6O2P5Re2-3. The van der Waals surface area contributed by atoms with Gasteiger partial charge in [-0.2, -0.15) is 0 Å². The molecule has 0 saturated carbocycles. The number of benzene rings is 8. The van der Waals surface area contributed by atoms with Gasteiger partial charge < -0.3 is 0 Å². The van der Waals surface area contributed by atoms with Crippen LogP contribution in [-0.4, -0.2) is 16.5 Å². The van der Waals surface area contributed by atoms with E-state index < -0.39 is 71.9 Å². The van der Waals surface area contributed by atoms with Crippen molar-refractivity contribution < 1.29 is 67.0 Å². The fourth-order valence-corrected chi connectivity index (χ4v) is 20.0. The van der Waals surface area contributed by atoms with Gasteiger partial charge in [-0.15, -0.1) is 0 Å². The van der Waals surface area contributed by atoms with Gasteiger partial charge in [0.15, 0.2) is 0 Å². The van der Waals surface area contributed by atoms with E-state index >= 15 is 0 Å². The van der Waals surface area contributed by atoms with Gasteiger partial charge in [-0.05, 0) is 74.1 Å². The molecule has 0 aliphatic carbocycles. The number of ether oxygens (including phenoxy) is 1. The SMILES string of the molecule is F[P-](F)(F)(F)(F)F.[C-]#[O+].[CH-]=CO[C-]=[Re][Cl].[Cl][Re][Cl].c1ccc(P(CP(c2ccccc2)c2ccccc2)c2ccccc2)cc1.c1ccc(P(CP(c2ccccc2)c2ccccc2)c2ccccc2)cc1. The standard InChI is InChI=1S/2C25H22P2.C3H2O.CO.3ClH.F6P.2Re/c2*1-5-13-22(14-6-1)26(23-15-7-2-8-16-23)21-27(24-17-9-3-10-18-24)25-19-11-4-12-20-25;1-3-4-2;1-2;;;;1-7(2,3,4,5)6;;/h2*1-20H,21H2;1,3H;;3*1H;;;/q;;-2;;;;;-1;+1;+2/p-3. The van der Waals surface area contributed by atoms with Crippen molar-refractivity contribution in [2.45, 2.75) is 0 Å². The summed E-state index contributed by atoms with van der Waals surface area (Å²) < 4.78 is 73.5. The van der Waals surface area contributed by atoms with Crippen molar-refractivity contribution >= 4 is 115 Å². The van der Waals surface area contributed by atoms with Gasteiger partial charge in [0.05, 0.1) is 0 Å². The largest absolute Gasteiger partial charge is 0.0622 e. The molecule has 8 aromatic carbocycles. The zero-order chi connectivity index (χ0) is 52.6. The summed E-state index contributed by atoms with van der Waals surface area (Å²) in [7, 11) is 2.76. The van der Waals surface area contributed by atoms with Crippen LogP contribution in [0, 0.1) is 13.2 Å². The van der Waals surface area contributed by atoms with Gasteiger partial charge in [0.2, 0.25) is 0 Å². The molecule has 8 rings (SSSR count). The molecule has 0 aliphatic heterocycles. The van der Waals surface area contributed by atoms with Crippen LogP contribution in [0.15, 0.2) is 249 Å². The molecule has 8 aromatic rings. The van der Waals surface area contributed by atoms with Crippen molar-refractivity contribution in [1.82, 2.24) is 0 Å². The minimum absolute atomic E-state index is 0.409.